The molecule has 0 spiro atoms. The lowest BCUT2D eigenvalue weighted by atomic mass is 10.2. The summed E-state index contributed by atoms with van der Waals surface area (Å²) in [6, 6.07) is 6.26. The number of aliphatic hydroxyl groups is 1. The fourth-order valence-electron chi connectivity index (χ4n) is 1.32. The molecule has 0 amide bonds. The highest BCUT2D eigenvalue weighted by molar-refractivity contribution is 7.89. The minimum atomic E-state index is -3.67. The van der Waals surface area contributed by atoms with Crippen molar-refractivity contribution in [2.75, 3.05) is 20.2 Å². The molecule has 17 heavy (non-hydrogen) atoms. The van der Waals surface area contributed by atoms with Crippen molar-refractivity contribution in [2.24, 2.45) is 5.73 Å². The summed E-state index contributed by atoms with van der Waals surface area (Å²) >= 11 is 4.82. The first-order valence-corrected chi connectivity index (χ1v) is 6.72. The van der Waals surface area contributed by atoms with Gasteiger partial charge in [0, 0.05) is 19.2 Å². The monoisotopic (exact) mass is 274 g/mol. The van der Waals surface area contributed by atoms with Gasteiger partial charge in [0.1, 0.15) is 4.99 Å². The second-order valence-corrected chi connectivity index (χ2v) is 5.86. The van der Waals surface area contributed by atoms with Crippen LogP contribution in [0.2, 0.25) is 0 Å². The van der Waals surface area contributed by atoms with Crippen LogP contribution in [0.3, 0.4) is 0 Å². The third-order valence-corrected chi connectivity index (χ3v) is 4.39. The van der Waals surface area contributed by atoms with Crippen molar-refractivity contribution in [3.63, 3.8) is 0 Å². The number of likely N-dealkylation sites (N-methyl/N-ethyl adjacent to an activating group) is 1. The van der Waals surface area contributed by atoms with Crippen molar-refractivity contribution in [1.82, 2.24) is 4.31 Å². The topological polar surface area (TPSA) is 83.6 Å². The van der Waals surface area contributed by atoms with Gasteiger partial charge in [-0.3, -0.25) is 0 Å². The van der Waals surface area contributed by atoms with Crippen LogP contribution in [-0.2, 0) is 10.0 Å². The first kappa shape index (κ1) is 14.0. The summed E-state index contributed by atoms with van der Waals surface area (Å²) in [5, 5.41) is 8.77. The fraction of sp³-hybridized carbons (Fsp3) is 0.300. The first-order chi connectivity index (χ1) is 7.91. The van der Waals surface area contributed by atoms with Gasteiger partial charge in [-0.05, 0) is 6.07 Å². The largest absolute Gasteiger partial charge is 0.395 e. The zero-order valence-corrected chi connectivity index (χ0v) is 11.0. The van der Waals surface area contributed by atoms with Crippen LogP contribution in [0.1, 0.15) is 5.56 Å². The van der Waals surface area contributed by atoms with E-state index in [4.69, 9.17) is 23.1 Å². The van der Waals surface area contributed by atoms with Crippen molar-refractivity contribution in [3.05, 3.63) is 29.8 Å². The van der Waals surface area contributed by atoms with Crippen LogP contribution >= 0.6 is 12.2 Å². The highest BCUT2D eigenvalue weighted by atomic mass is 32.2. The van der Waals surface area contributed by atoms with Gasteiger partial charge in [0.15, 0.2) is 0 Å². The summed E-state index contributed by atoms with van der Waals surface area (Å²) in [5.41, 5.74) is 5.80. The number of rotatable bonds is 5. The summed E-state index contributed by atoms with van der Waals surface area (Å²) in [4.78, 5) is 0.0880. The molecule has 1 rings (SSSR count). The Kier molecular flexibility index (Phi) is 4.58. The molecule has 0 atom stereocenters. The van der Waals surface area contributed by atoms with E-state index in [-0.39, 0.29) is 23.0 Å². The molecule has 0 radical (unpaired) electrons. The Morgan fingerprint density at radius 2 is 2.06 bits per heavy atom. The smallest absolute Gasteiger partial charge is 0.243 e. The number of aliphatic hydroxyl groups excluding tert-OH is 1. The maximum atomic E-state index is 12.1. The van der Waals surface area contributed by atoms with Gasteiger partial charge in [0.25, 0.3) is 0 Å². The third-order valence-electron chi connectivity index (χ3n) is 2.26. The molecule has 7 heteroatoms. The molecule has 1 aromatic carbocycles. The van der Waals surface area contributed by atoms with E-state index in [1.165, 1.54) is 13.1 Å². The van der Waals surface area contributed by atoms with Crippen LogP contribution in [0, 0.1) is 0 Å². The molecule has 3 N–H and O–H groups in total. The molecule has 0 unspecified atom stereocenters. The number of hydrogen-bond acceptors (Lipinski definition) is 4. The standard InChI is InChI=1S/C10H14N2O3S2/c1-12(6-7-13)17(14,15)9-5-3-2-4-8(9)10(11)16/h2-5,13H,6-7H2,1H3,(H2,11,16). The quantitative estimate of drug-likeness (QED) is 0.735. The molecule has 0 aliphatic heterocycles. The van der Waals surface area contributed by atoms with E-state index in [0.29, 0.717) is 5.56 Å². The first-order valence-electron chi connectivity index (χ1n) is 4.87. The molecule has 0 saturated heterocycles. The van der Waals surface area contributed by atoms with Crippen molar-refractivity contribution >= 4 is 27.2 Å². The van der Waals surface area contributed by atoms with Gasteiger partial charge in [-0.2, -0.15) is 4.31 Å². The maximum absolute atomic E-state index is 12.1. The second-order valence-electron chi connectivity index (χ2n) is 3.41. The molecule has 1 aromatic rings. The molecular weight excluding hydrogens is 260 g/mol. The second kappa shape index (κ2) is 5.54. The fourth-order valence-corrected chi connectivity index (χ4v) is 2.93. The van der Waals surface area contributed by atoms with Crippen molar-refractivity contribution < 1.29 is 13.5 Å². The molecule has 0 aliphatic rings. The lowest BCUT2D eigenvalue weighted by Crippen LogP contribution is -2.31. The van der Waals surface area contributed by atoms with Gasteiger partial charge in [-0.15, -0.1) is 0 Å². The lowest BCUT2D eigenvalue weighted by molar-refractivity contribution is 0.266. The summed E-state index contributed by atoms with van der Waals surface area (Å²) in [6.45, 7) is -0.223. The number of nitrogens with two attached hydrogens (primary N) is 1. The Balaban J connectivity index is 3.29. The molecule has 0 aliphatic carbocycles. The van der Waals surface area contributed by atoms with Crippen LogP contribution < -0.4 is 5.73 Å². The van der Waals surface area contributed by atoms with E-state index < -0.39 is 10.0 Å². The molecule has 94 valence electrons. The average molecular weight is 274 g/mol. The Bertz CT molecular complexity index is 514. The van der Waals surface area contributed by atoms with E-state index in [1.54, 1.807) is 18.2 Å². The third kappa shape index (κ3) is 3.01. The van der Waals surface area contributed by atoms with Crippen LogP contribution in [0.4, 0.5) is 0 Å². The number of benzene rings is 1. The SMILES string of the molecule is CN(CCO)S(=O)(=O)c1ccccc1C(N)=S. The highest BCUT2D eigenvalue weighted by Gasteiger charge is 2.23. The highest BCUT2D eigenvalue weighted by Crippen LogP contribution is 2.18. The molecular formula is C10H14N2O3S2. The molecule has 0 fully saturated rings. The van der Waals surface area contributed by atoms with Crippen LogP contribution in [0.15, 0.2) is 29.2 Å². The Morgan fingerprint density at radius 1 is 1.47 bits per heavy atom. The number of hydrogen-bond donors (Lipinski definition) is 2. The van der Waals surface area contributed by atoms with Gasteiger partial charge in [0.2, 0.25) is 10.0 Å². The lowest BCUT2D eigenvalue weighted by Gasteiger charge is -2.17. The number of sulfonamides is 1. The number of nitrogens with zero attached hydrogens (tertiary/aromatic N) is 1. The van der Waals surface area contributed by atoms with Crippen molar-refractivity contribution in [1.29, 1.82) is 0 Å². The van der Waals surface area contributed by atoms with Crippen LogP contribution in [-0.4, -0.2) is 43.0 Å². The van der Waals surface area contributed by atoms with Gasteiger partial charge in [-0.25, -0.2) is 8.42 Å². The van der Waals surface area contributed by atoms with Gasteiger partial charge in [-0.1, -0.05) is 30.4 Å². The van der Waals surface area contributed by atoms with E-state index in [0.717, 1.165) is 4.31 Å². The molecule has 0 heterocycles. The Morgan fingerprint density at radius 3 is 2.59 bits per heavy atom. The summed E-state index contributed by atoms with van der Waals surface area (Å²) < 4.78 is 25.4. The molecule has 0 saturated carbocycles. The molecule has 0 aromatic heterocycles. The molecule has 5 nitrogen and oxygen atoms in total. The summed E-state index contributed by atoms with van der Waals surface area (Å²) in [7, 11) is -2.28. The predicted octanol–water partition coefficient (Wildman–Crippen LogP) is -0.0664. The molecule has 0 bridgehead atoms. The zero-order chi connectivity index (χ0) is 13.1. The van der Waals surface area contributed by atoms with Crippen molar-refractivity contribution in [3.8, 4) is 0 Å². The normalized spacial score (nSPS) is 11.7. The average Bonchev–Trinajstić information content (AvgIpc) is 2.29. The number of thiocarbonyl (C=S) groups is 1. The van der Waals surface area contributed by atoms with E-state index in [2.05, 4.69) is 0 Å². The van der Waals surface area contributed by atoms with E-state index >= 15 is 0 Å². The van der Waals surface area contributed by atoms with E-state index in [9.17, 15) is 8.42 Å². The maximum Gasteiger partial charge on any atom is 0.243 e. The predicted molar refractivity (Wildman–Crippen MR) is 69.2 cm³/mol. The van der Waals surface area contributed by atoms with Crippen LogP contribution in [0.5, 0.6) is 0 Å². The minimum Gasteiger partial charge on any atom is -0.395 e. The van der Waals surface area contributed by atoms with E-state index in [1.807, 2.05) is 0 Å². The van der Waals surface area contributed by atoms with Gasteiger partial charge < -0.3 is 10.8 Å². The summed E-state index contributed by atoms with van der Waals surface area (Å²) in [5.74, 6) is 0. The Hall–Kier alpha value is -1.02. The van der Waals surface area contributed by atoms with Crippen LogP contribution in [0.25, 0.3) is 0 Å². The van der Waals surface area contributed by atoms with Crippen molar-refractivity contribution in [2.45, 2.75) is 4.90 Å². The Labute approximate surface area is 106 Å². The summed E-state index contributed by atoms with van der Waals surface area (Å²) in [6.07, 6.45) is 0. The zero-order valence-electron chi connectivity index (χ0n) is 9.33. The van der Waals surface area contributed by atoms with Gasteiger partial charge in [0.05, 0.1) is 11.5 Å². The minimum absolute atomic E-state index is 0.0218. The van der Waals surface area contributed by atoms with Gasteiger partial charge >= 0.3 is 0 Å².